The summed E-state index contributed by atoms with van der Waals surface area (Å²) in [6, 6.07) is 16.2. The van der Waals surface area contributed by atoms with Gasteiger partial charge < -0.3 is 19.7 Å². The largest absolute Gasteiger partial charge is 0.423 e. The van der Waals surface area contributed by atoms with Crippen LogP contribution in [0.15, 0.2) is 52.9 Å². The summed E-state index contributed by atoms with van der Waals surface area (Å²) in [5.74, 6) is 0.348. The summed E-state index contributed by atoms with van der Waals surface area (Å²) in [5.41, 5.74) is 3.49. The van der Waals surface area contributed by atoms with E-state index in [9.17, 15) is 4.79 Å². The summed E-state index contributed by atoms with van der Waals surface area (Å²) in [7, 11) is 0. The molecule has 0 radical (unpaired) electrons. The van der Waals surface area contributed by atoms with Crippen LogP contribution in [-0.2, 0) is 6.42 Å². The number of benzene rings is 2. The maximum Gasteiger partial charge on any atom is 0.298 e. The molecule has 0 spiro atoms. The number of hydrogen-bond donors (Lipinski definition) is 2. The van der Waals surface area contributed by atoms with Gasteiger partial charge in [0.15, 0.2) is 5.58 Å². The molecule has 1 amide bonds. The van der Waals surface area contributed by atoms with Gasteiger partial charge in [-0.05, 0) is 48.6 Å². The fourth-order valence-corrected chi connectivity index (χ4v) is 3.61. The van der Waals surface area contributed by atoms with E-state index < -0.39 is 0 Å². The lowest BCUT2D eigenvalue weighted by atomic mass is 9.97. The van der Waals surface area contributed by atoms with Gasteiger partial charge in [0.1, 0.15) is 5.52 Å². The number of rotatable bonds is 6. The van der Waals surface area contributed by atoms with Crippen molar-refractivity contribution < 1.29 is 14.3 Å². The lowest BCUT2D eigenvalue weighted by Crippen LogP contribution is -2.26. The highest BCUT2D eigenvalue weighted by atomic mass is 16.4. The van der Waals surface area contributed by atoms with Gasteiger partial charge in [0.2, 0.25) is 0 Å². The van der Waals surface area contributed by atoms with Crippen LogP contribution < -0.4 is 10.2 Å². The third-order valence-corrected chi connectivity index (χ3v) is 4.95. The second-order valence-corrected chi connectivity index (χ2v) is 6.95. The highest BCUT2D eigenvalue weighted by Crippen LogP contribution is 2.28. The van der Waals surface area contributed by atoms with Crippen molar-refractivity contribution in [2.45, 2.75) is 12.8 Å². The summed E-state index contributed by atoms with van der Waals surface area (Å²) >= 11 is 0. The molecule has 1 unspecified atom stereocenters. The van der Waals surface area contributed by atoms with E-state index in [2.05, 4.69) is 21.3 Å². The molecule has 0 saturated carbocycles. The van der Waals surface area contributed by atoms with Gasteiger partial charge in [-0.1, -0.05) is 24.3 Å². The molecule has 6 heteroatoms. The molecule has 0 bridgehead atoms. The van der Waals surface area contributed by atoms with E-state index in [1.807, 2.05) is 36.4 Å². The van der Waals surface area contributed by atoms with Gasteiger partial charge in [-0.3, -0.25) is 4.79 Å². The Bertz CT molecular complexity index is 904. The van der Waals surface area contributed by atoms with Crippen molar-refractivity contribution in [2.24, 2.45) is 5.92 Å². The Morgan fingerprint density at radius 1 is 1.26 bits per heavy atom. The normalized spacial score (nSPS) is 16.8. The first kappa shape index (κ1) is 17.5. The number of carbonyl (C=O) groups is 1. The second kappa shape index (κ2) is 7.80. The zero-order valence-electron chi connectivity index (χ0n) is 15.1. The monoisotopic (exact) mass is 365 g/mol. The van der Waals surface area contributed by atoms with E-state index in [-0.39, 0.29) is 19.1 Å². The minimum atomic E-state index is -0.148. The summed E-state index contributed by atoms with van der Waals surface area (Å²) in [5, 5.41) is 11.5. The van der Waals surface area contributed by atoms with Gasteiger partial charge in [0.05, 0.1) is 6.61 Å². The minimum absolute atomic E-state index is 0.0564. The molecule has 1 saturated heterocycles. The number of para-hydroxylation sites is 2. The van der Waals surface area contributed by atoms with Crippen LogP contribution in [0.5, 0.6) is 0 Å². The number of nitrogens with zero attached hydrogens (tertiary/aromatic N) is 2. The van der Waals surface area contributed by atoms with Crippen LogP contribution in [0, 0.1) is 5.92 Å². The van der Waals surface area contributed by atoms with Crippen molar-refractivity contribution >= 4 is 23.0 Å². The molecular weight excluding hydrogens is 342 g/mol. The first-order valence-electron chi connectivity index (χ1n) is 9.31. The molecule has 2 heterocycles. The summed E-state index contributed by atoms with van der Waals surface area (Å²) in [6.07, 6.45) is 1.98. The predicted octanol–water partition coefficient (Wildman–Crippen LogP) is 2.62. The SMILES string of the molecule is O=C(NCCO)c1cccc(CC2CCN(c3nc4ccccc4o3)C2)c1. The van der Waals surface area contributed by atoms with Gasteiger partial charge in [-0.15, -0.1) is 0 Å². The molecule has 1 aliphatic rings. The number of fused-ring (bicyclic) bond motifs is 1. The molecule has 1 aromatic heterocycles. The number of nitrogens with one attached hydrogen (secondary N) is 1. The maximum atomic E-state index is 12.1. The smallest absolute Gasteiger partial charge is 0.298 e. The number of amides is 1. The van der Waals surface area contributed by atoms with Crippen molar-refractivity contribution in [1.82, 2.24) is 10.3 Å². The third-order valence-electron chi connectivity index (χ3n) is 4.95. The number of anilines is 1. The molecule has 27 heavy (non-hydrogen) atoms. The highest BCUT2D eigenvalue weighted by molar-refractivity contribution is 5.94. The van der Waals surface area contributed by atoms with E-state index in [4.69, 9.17) is 9.52 Å². The van der Waals surface area contributed by atoms with Gasteiger partial charge in [0.25, 0.3) is 11.9 Å². The zero-order chi connectivity index (χ0) is 18.6. The quantitative estimate of drug-likeness (QED) is 0.702. The molecule has 1 aliphatic heterocycles. The molecular formula is C21H23N3O3. The van der Waals surface area contributed by atoms with Crippen LogP contribution in [0.1, 0.15) is 22.3 Å². The third kappa shape index (κ3) is 3.95. The number of carbonyl (C=O) groups excluding carboxylic acids is 1. The van der Waals surface area contributed by atoms with Crippen molar-refractivity contribution in [3.05, 3.63) is 59.7 Å². The average Bonchev–Trinajstić information content (AvgIpc) is 3.33. The Labute approximate surface area is 157 Å². The van der Waals surface area contributed by atoms with Crippen molar-refractivity contribution in [3.63, 3.8) is 0 Å². The molecule has 3 aromatic rings. The zero-order valence-corrected chi connectivity index (χ0v) is 15.1. The lowest BCUT2D eigenvalue weighted by molar-refractivity contribution is 0.0944. The van der Waals surface area contributed by atoms with E-state index in [0.29, 0.717) is 17.5 Å². The summed E-state index contributed by atoms with van der Waals surface area (Å²) in [6.45, 7) is 2.03. The standard InChI is InChI=1S/C21H23N3O3/c25-11-9-22-20(26)17-5-3-4-15(13-17)12-16-8-10-24(14-16)21-23-18-6-1-2-7-19(18)27-21/h1-7,13,16,25H,8-12,14H2,(H,22,26). The van der Waals surface area contributed by atoms with E-state index in [0.717, 1.165) is 42.6 Å². The fraction of sp³-hybridized carbons (Fsp3) is 0.333. The molecule has 4 rings (SSSR count). The fourth-order valence-electron chi connectivity index (χ4n) is 3.61. The Balaban J connectivity index is 1.40. The van der Waals surface area contributed by atoms with E-state index >= 15 is 0 Å². The van der Waals surface area contributed by atoms with E-state index in [1.165, 1.54) is 0 Å². The van der Waals surface area contributed by atoms with Crippen LogP contribution in [-0.4, -0.2) is 42.2 Å². The van der Waals surface area contributed by atoms with Gasteiger partial charge in [0, 0.05) is 25.2 Å². The van der Waals surface area contributed by atoms with Crippen molar-refractivity contribution in [2.75, 3.05) is 31.1 Å². The first-order chi connectivity index (χ1) is 13.2. The topological polar surface area (TPSA) is 78.6 Å². The number of aromatic nitrogens is 1. The second-order valence-electron chi connectivity index (χ2n) is 6.95. The number of oxazole rings is 1. The van der Waals surface area contributed by atoms with Crippen LogP contribution in [0.4, 0.5) is 6.01 Å². The molecule has 6 nitrogen and oxygen atoms in total. The Morgan fingerprint density at radius 3 is 3.00 bits per heavy atom. The number of hydrogen-bond acceptors (Lipinski definition) is 5. The Kier molecular flexibility index (Phi) is 5.07. The molecule has 1 atom stereocenters. The first-order valence-corrected chi connectivity index (χ1v) is 9.31. The van der Waals surface area contributed by atoms with Crippen LogP contribution in [0.25, 0.3) is 11.1 Å². The van der Waals surface area contributed by atoms with Crippen molar-refractivity contribution in [1.29, 1.82) is 0 Å². The summed E-state index contributed by atoms with van der Waals surface area (Å²) < 4.78 is 5.88. The van der Waals surface area contributed by atoms with Crippen LogP contribution >= 0.6 is 0 Å². The molecule has 0 aliphatic carbocycles. The molecule has 2 aromatic carbocycles. The van der Waals surface area contributed by atoms with Gasteiger partial charge in [-0.25, -0.2) is 0 Å². The number of aliphatic hydroxyl groups excluding tert-OH is 1. The average molecular weight is 365 g/mol. The predicted molar refractivity (Wildman–Crippen MR) is 104 cm³/mol. The lowest BCUT2D eigenvalue weighted by Gasteiger charge is -2.14. The summed E-state index contributed by atoms with van der Waals surface area (Å²) in [4.78, 5) is 18.8. The maximum absolute atomic E-state index is 12.1. The van der Waals surface area contributed by atoms with E-state index in [1.54, 1.807) is 6.07 Å². The minimum Gasteiger partial charge on any atom is -0.423 e. The highest BCUT2D eigenvalue weighted by Gasteiger charge is 2.26. The Hall–Kier alpha value is -2.86. The van der Waals surface area contributed by atoms with Crippen LogP contribution in [0.3, 0.4) is 0 Å². The van der Waals surface area contributed by atoms with Crippen molar-refractivity contribution in [3.8, 4) is 0 Å². The van der Waals surface area contributed by atoms with Gasteiger partial charge >= 0.3 is 0 Å². The molecule has 140 valence electrons. The molecule has 1 fully saturated rings. The Morgan fingerprint density at radius 2 is 2.15 bits per heavy atom. The number of aliphatic hydroxyl groups is 1. The van der Waals surface area contributed by atoms with Crippen LogP contribution in [0.2, 0.25) is 0 Å². The van der Waals surface area contributed by atoms with Gasteiger partial charge in [-0.2, -0.15) is 4.98 Å². The molecule has 2 N–H and O–H groups in total.